The fourth-order valence-corrected chi connectivity index (χ4v) is 2.08. The molecule has 1 rings (SSSR count). The van der Waals surface area contributed by atoms with Gasteiger partial charge >= 0.3 is 6.07 Å². The van der Waals surface area contributed by atoms with Gasteiger partial charge in [-0.05, 0) is 12.1 Å². The van der Waals surface area contributed by atoms with Gasteiger partial charge < -0.3 is 4.52 Å². The normalized spacial score (nSPS) is 11.4. The van der Waals surface area contributed by atoms with Gasteiger partial charge in [0, 0.05) is 22.5 Å². The molecule has 0 amide bonds. The molecule has 0 saturated carbocycles. The third-order valence-corrected chi connectivity index (χ3v) is 2.52. The van der Waals surface area contributed by atoms with Crippen molar-refractivity contribution in [2.75, 3.05) is 0 Å². The molecule has 0 radical (unpaired) electrons. The van der Waals surface area contributed by atoms with E-state index in [4.69, 9.17) is 45.7 Å². The lowest BCUT2D eigenvalue weighted by Crippen LogP contribution is -1.84. The second-order valence-corrected chi connectivity index (χ2v) is 7.07. The Labute approximate surface area is 94.7 Å². The van der Waals surface area contributed by atoms with Crippen LogP contribution in [0, 0.1) is 0 Å². The van der Waals surface area contributed by atoms with Crippen molar-refractivity contribution in [3.05, 3.63) is 28.2 Å². The van der Waals surface area contributed by atoms with Crippen LogP contribution in [0.5, 0.6) is 5.75 Å². The average Bonchev–Trinajstić information content (AvgIpc) is 1.95. The van der Waals surface area contributed by atoms with E-state index >= 15 is 0 Å². The van der Waals surface area contributed by atoms with E-state index in [1.807, 2.05) is 0 Å². The summed E-state index contributed by atoms with van der Waals surface area (Å²) >= 11 is 21.8. The zero-order valence-corrected chi connectivity index (χ0v) is 9.93. The van der Waals surface area contributed by atoms with Gasteiger partial charge in [0.05, 0.1) is 10.0 Å². The summed E-state index contributed by atoms with van der Waals surface area (Å²) in [6.45, 7) is 0. The molecule has 0 aliphatic rings. The molecule has 0 aliphatic heterocycles. The van der Waals surface area contributed by atoms with Gasteiger partial charge in [-0.15, -0.1) is 0 Å². The molecule has 0 N–H and O–H groups in total. The summed E-state index contributed by atoms with van der Waals surface area (Å²) in [5, 5.41) is 0.406. The highest BCUT2D eigenvalue weighted by Crippen LogP contribution is 2.58. The molecule has 0 atom stereocenters. The van der Waals surface area contributed by atoms with Gasteiger partial charge in [0.25, 0.3) is 0 Å². The number of halogens is 4. The van der Waals surface area contributed by atoms with Crippen LogP contribution >= 0.6 is 51.8 Å². The molecular formula is C6H3Cl4O2P. The van der Waals surface area contributed by atoms with Crippen molar-refractivity contribution in [1.29, 1.82) is 0 Å². The maximum absolute atomic E-state index is 10.9. The number of benzene rings is 1. The molecule has 7 heteroatoms. The van der Waals surface area contributed by atoms with Gasteiger partial charge in [0.1, 0.15) is 0 Å². The number of hydrogen-bond donors (Lipinski definition) is 0. The monoisotopic (exact) mass is 278 g/mol. The molecule has 1 aromatic carbocycles. The van der Waals surface area contributed by atoms with Crippen molar-refractivity contribution in [2.45, 2.75) is 0 Å². The summed E-state index contributed by atoms with van der Waals surface area (Å²) in [6, 6.07) is 4.66. The van der Waals surface area contributed by atoms with Crippen LogP contribution in [0.25, 0.3) is 0 Å². The Morgan fingerprint density at radius 2 is 1.62 bits per heavy atom. The SMILES string of the molecule is O=P(Cl)(Cl)Oc1c(Cl)cccc1Cl. The van der Waals surface area contributed by atoms with Gasteiger partial charge in [-0.1, -0.05) is 29.3 Å². The Morgan fingerprint density at radius 3 is 2.00 bits per heavy atom. The maximum atomic E-state index is 10.9. The van der Waals surface area contributed by atoms with Gasteiger partial charge in [-0.2, -0.15) is 0 Å². The van der Waals surface area contributed by atoms with E-state index in [1.54, 1.807) is 6.07 Å². The highest BCUT2D eigenvalue weighted by Gasteiger charge is 2.19. The lowest BCUT2D eigenvalue weighted by Gasteiger charge is -2.08. The van der Waals surface area contributed by atoms with Crippen LogP contribution in [0.15, 0.2) is 18.2 Å². The van der Waals surface area contributed by atoms with Gasteiger partial charge in [-0.3, -0.25) is 0 Å². The van der Waals surface area contributed by atoms with E-state index in [1.165, 1.54) is 12.1 Å². The van der Waals surface area contributed by atoms with E-state index in [-0.39, 0.29) is 15.8 Å². The van der Waals surface area contributed by atoms with Gasteiger partial charge in [-0.25, -0.2) is 4.57 Å². The largest absolute Gasteiger partial charge is 0.428 e. The number of para-hydroxylation sites is 1. The molecule has 0 bridgehead atoms. The highest BCUT2D eigenvalue weighted by atomic mass is 35.9. The Morgan fingerprint density at radius 1 is 1.15 bits per heavy atom. The van der Waals surface area contributed by atoms with E-state index in [0.29, 0.717) is 0 Å². The van der Waals surface area contributed by atoms with Crippen LogP contribution in [0.2, 0.25) is 10.0 Å². The summed E-state index contributed by atoms with van der Waals surface area (Å²) in [7, 11) is 0. The quantitative estimate of drug-likeness (QED) is 0.716. The molecule has 0 aliphatic carbocycles. The van der Waals surface area contributed by atoms with Gasteiger partial charge in [0.2, 0.25) is 0 Å². The Balaban J connectivity index is 3.07. The lowest BCUT2D eigenvalue weighted by molar-refractivity contribution is 0.513. The van der Waals surface area contributed by atoms with E-state index < -0.39 is 6.07 Å². The second-order valence-electron chi connectivity index (χ2n) is 2.06. The van der Waals surface area contributed by atoms with E-state index in [2.05, 4.69) is 4.52 Å². The van der Waals surface area contributed by atoms with Crippen molar-refractivity contribution in [3.8, 4) is 5.75 Å². The molecule has 72 valence electrons. The third kappa shape index (κ3) is 3.57. The Hall–Kier alpha value is 0.410. The fraction of sp³-hybridized carbons (Fsp3) is 0. The molecule has 0 aromatic heterocycles. The molecule has 0 unspecified atom stereocenters. The minimum Gasteiger partial charge on any atom is -0.419 e. The topological polar surface area (TPSA) is 26.3 Å². The Bertz CT molecular complexity index is 341. The third-order valence-electron chi connectivity index (χ3n) is 1.12. The van der Waals surface area contributed by atoms with E-state index in [0.717, 1.165) is 0 Å². The van der Waals surface area contributed by atoms with E-state index in [9.17, 15) is 4.57 Å². The minimum absolute atomic E-state index is 0.0270. The molecular weight excluding hydrogens is 277 g/mol. The zero-order chi connectivity index (χ0) is 10.1. The first-order valence-corrected chi connectivity index (χ1v) is 7.22. The smallest absolute Gasteiger partial charge is 0.419 e. The summed E-state index contributed by atoms with van der Waals surface area (Å²) in [4.78, 5) is 0. The van der Waals surface area contributed by atoms with Crippen molar-refractivity contribution in [1.82, 2.24) is 0 Å². The molecule has 2 nitrogen and oxygen atoms in total. The molecule has 0 fully saturated rings. The summed E-state index contributed by atoms with van der Waals surface area (Å²) in [5.41, 5.74) is 0. The summed E-state index contributed by atoms with van der Waals surface area (Å²) in [6.07, 6.45) is -3.67. The number of hydrogen-bond acceptors (Lipinski definition) is 2. The lowest BCUT2D eigenvalue weighted by atomic mass is 10.3. The second kappa shape index (κ2) is 4.29. The molecule has 13 heavy (non-hydrogen) atoms. The maximum Gasteiger partial charge on any atom is 0.428 e. The molecule has 0 saturated heterocycles. The first-order valence-electron chi connectivity index (χ1n) is 3.03. The zero-order valence-electron chi connectivity index (χ0n) is 6.01. The predicted molar refractivity (Wildman–Crippen MR) is 56.4 cm³/mol. The van der Waals surface area contributed by atoms with Crippen molar-refractivity contribution < 1.29 is 9.09 Å². The highest BCUT2D eigenvalue weighted by molar-refractivity contribution is 8.05. The molecule has 1 aromatic rings. The van der Waals surface area contributed by atoms with Crippen LogP contribution in [0.3, 0.4) is 0 Å². The van der Waals surface area contributed by atoms with Crippen molar-refractivity contribution in [3.63, 3.8) is 0 Å². The minimum atomic E-state index is -3.67. The van der Waals surface area contributed by atoms with Crippen LogP contribution in [0.1, 0.15) is 0 Å². The standard InChI is InChI=1S/C6H3Cl4O2P/c7-4-2-1-3-5(8)6(4)12-13(9,10)11/h1-3H. The van der Waals surface area contributed by atoms with Crippen molar-refractivity contribution in [2.24, 2.45) is 0 Å². The average molecular weight is 280 g/mol. The van der Waals surface area contributed by atoms with Crippen LogP contribution in [-0.2, 0) is 4.57 Å². The van der Waals surface area contributed by atoms with Crippen LogP contribution in [-0.4, -0.2) is 0 Å². The summed E-state index contributed by atoms with van der Waals surface area (Å²) < 4.78 is 15.6. The summed E-state index contributed by atoms with van der Waals surface area (Å²) in [5.74, 6) is 0.0270. The Kier molecular flexibility index (Phi) is 3.79. The fourth-order valence-electron chi connectivity index (χ4n) is 0.676. The molecule has 0 spiro atoms. The predicted octanol–water partition coefficient (Wildman–Crippen LogP) is 4.96. The van der Waals surface area contributed by atoms with Gasteiger partial charge in [0.15, 0.2) is 5.75 Å². The van der Waals surface area contributed by atoms with Crippen LogP contribution in [0.4, 0.5) is 0 Å². The van der Waals surface area contributed by atoms with Crippen LogP contribution < -0.4 is 4.52 Å². The van der Waals surface area contributed by atoms with Crippen molar-refractivity contribution >= 4 is 51.8 Å². The molecule has 0 heterocycles. The number of rotatable bonds is 2. The first kappa shape index (κ1) is 11.5. The first-order chi connectivity index (χ1) is 5.90.